The zero-order valence-corrected chi connectivity index (χ0v) is 11.1. The molecule has 2 nitrogen and oxygen atoms in total. The Bertz CT molecular complexity index is 719. The van der Waals surface area contributed by atoms with Gasteiger partial charge in [0.15, 0.2) is 0 Å². The van der Waals surface area contributed by atoms with Gasteiger partial charge < -0.3 is 4.90 Å². The molecule has 2 heteroatoms. The Morgan fingerprint density at radius 1 is 1.05 bits per heavy atom. The first kappa shape index (κ1) is 10.8. The van der Waals surface area contributed by atoms with Crippen LogP contribution in [0.5, 0.6) is 0 Å². The number of rotatable bonds is 0. The van der Waals surface area contributed by atoms with E-state index in [4.69, 9.17) is 0 Å². The summed E-state index contributed by atoms with van der Waals surface area (Å²) >= 11 is 0. The van der Waals surface area contributed by atoms with E-state index in [1.165, 1.54) is 22.3 Å². The lowest BCUT2D eigenvalue weighted by molar-refractivity contribution is -0.121. The first-order valence-electron chi connectivity index (χ1n) is 6.63. The van der Waals surface area contributed by atoms with Crippen molar-refractivity contribution >= 4 is 11.6 Å². The normalized spacial score (nSPS) is 23.3. The van der Waals surface area contributed by atoms with E-state index < -0.39 is 5.41 Å². The quantitative estimate of drug-likeness (QED) is 0.703. The van der Waals surface area contributed by atoms with Crippen LogP contribution in [0.4, 0.5) is 5.69 Å². The fraction of sp³-hybridized carbons (Fsp3) is 0.235. The minimum atomic E-state index is -0.504. The van der Waals surface area contributed by atoms with Crippen LogP contribution in [0.25, 0.3) is 0 Å². The largest absolute Gasteiger partial charge is 0.314 e. The van der Waals surface area contributed by atoms with Crippen molar-refractivity contribution < 1.29 is 4.79 Å². The van der Waals surface area contributed by atoms with Gasteiger partial charge in [-0.05, 0) is 41.7 Å². The van der Waals surface area contributed by atoms with Gasteiger partial charge >= 0.3 is 0 Å². The first-order valence-corrected chi connectivity index (χ1v) is 6.63. The van der Waals surface area contributed by atoms with Gasteiger partial charge in [0.2, 0.25) is 5.91 Å². The lowest BCUT2D eigenvalue weighted by Gasteiger charge is -2.32. The molecule has 4 rings (SSSR count). The Balaban J connectivity index is 2.13. The summed E-state index contributed by atoms with van der Waals surface area (Å²) in [6, 6.07) is 14.6. The van der Waals surface area contributed by atoms with E-state index in [9.17, 15) is 4.79 Å². The molecule has 0 spiro atoms. The maximum atomic E-state index is 12.8. The van der Waals surface area contributed by atoms with Crippen molar-refractivity contribution in [1.82, 2.24) is 0 Å². The third-order valence-electron chi connectivity index (χ3n) is 4.66. The molecule has 0 N–H and O–H groups in total. The number of benzene rings is 2. The minimum Gasteiger partial charge on any atom is -0.314 e. The fourth-order valence-corrected chi connectivity index (χ4v) is 3.76. The van der Waals surface area contributed by atoms with Crippen LogP contribution in [0.2, 0.25) is 0 Å². The summed E-state index contributed by atoms with van der Waals surface area (Å²) in [7, 11) is 1.88. The lowest BCUT2D eigenvalue weighted by Crippen LogP contribution is -2.39. The highest BCUT2D eigenvalue weighted by molar-refractivity contribution is 6.11. The summed E-state index contributed by atoms with van der Waals surface area (Å²) < 4.78 is 0. The van der Waals surface area contributed by atoms with Gasteiger partial charge in [-0.15, -0.1) is 0 Å². The Morgan fingerprint density at radius 2 is 1.79 bits per heavy atom. The summed E-state index contributed by atoms with van der Waals surface area (Å²) in [6.07, 6.45) is 0.927. The van der Waals surface area contributed by atoms with Crippen LogP contribution in [-0.4, -0.2) is 13.0 Å². The van der Waals surface area contributed by atoms with E-state index in [0.29, 0.717) is 0 Å². The highest BCUT2D eigenvalue weighted by Crippen LogP contribution is 2.51. The van der Waals surface area contributed by atoms with Gasteiger partial charge in [-0.1, -0.05) is 36.4 Å². The average molecular weight is 249 g/mol. The van der Waals surface area contributed by atoms with Gasteiger partial charge in [0.1, 0.15) is 0 Å². The zero-order chi connectivity index (χ0) is 13.2. The molecule has 2 aromatic carbocycles. The molecule has 0 saturated heterocycles. The van der Waals surface area contributed by atoms with E-state index in [1.807, 2.05) is 13.1 Å². The van der Waals surface area contributed by atoms with Gasteiger partial charge in [0.05, 0.1) is 5.41 Å². The third kappa shape index (κ3) is 1.10. The van der Waals surface area contributed by atoms with Crippen molar-refractivity contribution in [2.75, 3.05) is 11.9 Å². The van der Waals surface area contributed by atoms with Gasteiger partial charge in [0.25, 0.3) is 0 Å². The van der Waals surface area contributed by atoms with Crippen molar-refractivity contribution in [2.45, 2.75) is 18.8 Å². The molecule has 1 atom stereocenters. The summed E-state index contributed by atoms with van der Waals surface area (Å²) in [5.41, 5.74) is 5.51. The van der Waals surface area contributed by atoms with Crippen LogP contribution in [-0.2, 0) is 16.6 Å². The Labute approximate surface area is 112 Å². The maximum absolute atomic E-state index is 12.8. The molecule has 0 radical (unpaired) electrons. The Kier molecular flexibility index (Phi) is 1.86. The van der Waals surface area contributed by atoms with Crippen LogP contribution in [0, 0.1) is 0 Å². The molecular weight excluding hydrogens is 234 g/mol. The monoisotopic (exact) mass is 249 g/mol. The lowest BCUT2D eigenvalue weighted by atomic mass is 9.68. The second-order valence-electron chi connectivity index (χ2n) is 5.63. The molecule has 2 aliphatic rings. The number of amides is 1. The number of anilines is 1. The zero-order valence-electron chi connectivity index (χ0n) is 11.1. The molecule has 0 fully saturated rings. The Morgan fingerprint density at radius 3 is 2.63 bits per heavy atom. The summed E-state index contributed by atoms with van der Waals surface area (Å²) in [4.78, 5) is 14.6. The Hall–Kier alpha value is -2.09. The van der Waals surface area contributed by atoms with Crippen LogP contribution in [0.15, 0.2) is 42.5 Å². The summed E-state index contributed by atoms with van der Waals surface area (Å²) in [5, 5.41) is 0. The van der Waals surface area contributed by atoms with E-state index in [0.717, 1.165) is 12.1 Å². The molecule has 19 heavy (non-hydrogen) atoms. The summed E-state index contributed by atoms with van der Waals surface area (Å²) in [5.74, 6) is 0.182. The van der Waals surface area contributed by atoms with E-state index >= 15 is 0 Å². The van der Waals surface area contributed by atoms with Gasteiger partial charge in [-0.2, -0.15) is 0 Å². The first-order chi connectivity index (χ1) is 9.14. The number of carbonyl (C=O) groups is 1. The molecule has 1 heterocycles. The second kappa shape index (κ2) is 3.27. The molecule has 94 valence electrons. The predicted molar refractivity (Wildman–Crippen MR) is 75.6 cm³/mol. The van der Waals surface area contributed by atoms with Gasteiger partial charge in [-0.25, -0.2) is 0 Å². The van der Waals surface area contributed by atoms with Crippen LogP contribution in [0.1, 0.15) is 29.2 Å². The molecule has 2 aromatic rings. The number of hydrogen-bond acceptors (Lipinski definition) is 1. The molecule has 0 bridgehead atoms. The predicted octanol–water partition coefficient (Wildman–Crippen LogP) is 2.87. The molecule has 1 aliphatic heterocycles. The maximum Gasteiger partial charge on any atom is 0.241 e. The molecule has 0 aromatic heterocycles. The summed E-state index contributed by atoms with van der Waals surface area (Å²) in [6.45, 7) is 2.07. The smallest absolute Gasteiger partial charge is 0.241 e. The SMILES string of the molecule is CN1C(=O)C2(C)c3ccccc3Cc3cccc1c32. The molecule has 0 saturated carbocycles. The van der Waals surface area contributed by atoms with E-state index in [2.05, 4.69) is 43.3 Å². The molecule has 1 unspecified atom stereocenters. The van der Waals surface area contributed by atoms with Gasteiger partial charge in [0, 0.05) is 12.7 Å². The fourth-order valence-electron chi connectivity index (χ4n) is 3.76. The number of likely N-dealkylation sites (N-methyl/N-ethyl adjacent to an activating group) is 1. The number of carbonyl (C=O) groups excluding carboxylic acids is 1. The standard InChI is InChI=1S/C17H15NO/c1-17-13-8-4-3-6-11(13)10-12-7-5-9-14(15(12)17)18(2)16(17)19/h3-9H,10H2,1-2H3. The topological polar surface area (TPSA) is 20.3 Å². The van der Waals surface area contributed by atoms with Crippen molar-refractivity contribution in [3.8, 4) is 0 Å². The average Bonchev–Trinajstić information content (AvgIpc) is 2.64. The highest BCUT2D eigenvalue weighted by Gasteiger charge is 2.51. The number of nitrogens with zero attached hydrogens (tertiary/aromatic N) is 1. The van der Waals surface area contributed by atoms with E-state index in [1.54, 1.807) is 4.90 Å². The van der Waals surface area contributed by atoms with Crippen molar-refractivity contribution in [2.24, 2.45) is 0 Å². The van der Waals surface area contributed by atoms with Crippen molar-refractivity contribution in [3.05, 3.63) is 64.7 Å². The van der Waals surface area contributed by atoms with Gasteiger partial charge in [-0.3, -0.25) is 4.79 Å². The highest BCUT2D eigenvalue weighted by atomic mass is 16.2. The van der Waals surface area contributed by atoms with Crippen LogP contribution >= 0.6 is 0 Å². The van der Waals surface area contributed by atoms with Crippen molar-refractivity contribution in [1.29, 1.82) is 0 Å². The second-order valence-corrected chi connectivity index (χ2v) is 5.63. The minimum absolute atomic E-state index is 0.182. The molecule has 1 amide bonds. The van der Waals surface area contributed by atoms with Crippen LogP contribution < -0.4 is 4.90 Å². The van der Waals surface area contributed by atoms with E-state index in [-0.39, 0.29) is 5.91 Å². The number of fused-ring (bicyclic) bond motifs is 2. The third-order valence-corrected chi connectivity index (χ3v) is 4.66. The molecular formula is C17H15NO. The van der Waals surface area contributed by atoms with Crippen molar-refractivity contribution in [3.63, 3.8) is 0 Å². The number of hydrogen-bond donors (Lipinski definition) is 0. The van der Waals surface area contributed by atoms with Crippen LogP contribution in [0.3, 0.4) is 0 Å². The molecule has 1 aliphatic carbocycles.